The van der Waals surface area contributed by atoms with Crippen molar-refractivity contribution in [2.24, 2.45) is 4.99 Å². The predicted molar refractivity (Wildman–Crippen MR) is 107 cm³/mol. The smallest absolute Gasteiger partial charge is 0.363 e. The van der Waals surface area contributed by atoms with E-state index in [1.54, 1.807) is 24.3 Å². The summed E-state index contributed by atoms with van der Waals surface area (Å²) in [7, 11) is 0. The van der Waals surface area contributed by atoms with Crippen LogP contribution in [-0.4, -0.2) is 16.8 Å². The van der Waals surface area contributed by atoms with Crippen LogP contribution in [0.25, 0.3) is 16.8 Å². The topological polar surface area (TPSA) is 81.8 Å². The van der Waals surface area contributed by atoms with Gasteiger partial charge in [-0.3, -0.25) is 10.1 Å². The van der Waals surface area contributed by atoms with Crippen molar-refractivity contribution in [3.05, 3.63) is 106 Å². The molecule has 1 aliphatic rings. The van der Waals surface area contributed by atoms with Crippen molar-refractivity contribution in [1.29, 1.82) is 0 Å². The van der Waals surface area contributed by atoms with E-state index in [0.29, 0.717) is 5.56 Å². The summed E-state index contributed by atoms with van der Waals surface area (Å²) < 4.78 is 5.28. The van der Waals surface area contributed by atoms with E-state index in [1.807, 2.05) is 42.5 Å². The molecule has 1 heterocycles. The molecule has 6 nitrogen and oxygen atoms in total. The molecule has 0 spiro atoms. The van der Waals surface area contributed by atoms with Gasteiger partial charge in [0.2, 0.25) is 5.90 Å². The number of allylic oxidation sites excluding steroid dienone is 2. The number of nitro benzene ring substituents is 1. The zero-order chi connectivity index (χ0) is 19.5. The molecule has 0 saturated carbocycles. The molecule has 3 aromatic carbocycles. The van der Waals surface area contributed by atoms with Crippen LogP contribution < -0.4 is 0 Å². The third-order valence-corrected chi connectivity index (χ3v) is 4.24. The minimum absolute atomic E-state index is 0.00619. The molecule has 0 radical (unpaired) electrons. The molecule has 3 aromatic rings. The van der Waals surface area contributed by atoms with Crippen LogP contribution >= 0.6 is 0 Å². The number of nitro groups is 1. The molecule has 0 unspecified atom stereocenters. The highest BCUT2D eigenvalue weighted by atomic mass is 16.6. The van der Waals surface area contributed by atoms with Crippen molar-refractivity contribution in [3.8, 4) is 0 Å². The van der Waals surface area contributed by atoms with Gasteiger partial charge in [0.05, 0.1) is 4.92 Å². The molecule has 0 aromatic heterocycles. The van der Waals surface area contributed by atoms with E-state index in [4.69, 9.17) is 4.74 Å². The molecule has 1 aliphatic heterocycles. The van der Waals surface area contributed by atoms with Gasteiger partial charge >= 0.3 is 5.97 Å². The number of hydrogen-bond donors (Lipinski definition) is 0. The Morgan fingerprint density at radius 3 is 2.61 bits per heavy atom. The number of hydrogen-bond acceptors (Lipinski definition) is 5. The second kappa shape index (κ2) is 7.28. The zero-order valence-corrected chi connectivity index (χ0v) is 14.6. The third-order valence-electron chi connectivity index (χ3n) is 4.24. The highest BCUT2D eigenvalue weighted by molar-refractivity contribution is 6.12. The quantitative estimate of drug-likeness (QED) is 0.290. The van der Waals surface area contributed by atoms with Crippen LogP contribution in [0.3, 0.4) is 0 Å². The van der Waals surface area contributed by atoms with Crippen LogP contribution in [0.15, 0.2) is 89.6 Å². The molecule has 0 atom stereocenters. The first-order valence-corrected chi connectivity index (χ1v) is 8.53. The highest BCUT2D eigenvalue weighted by Crippen LogP contribution is 2.21. The summed E-state index contributed by atoms with van der Waals surface area (Å²) in [5.74, 6) is -0.280. The van der Waals surface area contributed by atoms with Gasteiger partial charge < -0.3 is 4.74 Å². The van der Waals surface area contributed by atoms with E-state index in [9.17, 15) is 14.9 Å². The van der Waals surface area contributed by atoms with Crippen molar-refractivity contribution < 1.29 is 14.5 Å². The number of cyclic esters (lactones) is 1. The van der Waals surface area contributed by atoms with Gasteiger partial charge in [0, 0.05) is 17.7 Å². The molecule has 0 N–H and O–H groups in total. The normalized spacial score (nSPS) is 15.2. The molecule has 136 valence electrons. The van der Waals surface area contributed by atoms with Gasteiger partial charge in [-0.25, -0.2) is 9.79 Å². The molecular formula is C22H14N2O4. The van der Waals surface area contributed by atoms with Crippen LogP contribution in [-0.2, 0) is 9.53 Å². The number of benzene rings is 3. The minimum Gasteiger partial charge on any atom is -0.402 e. The summed E-state index contributed by atoms with van der Waals surface area (Å²) in [6.07, 6.45) is 4.80. The van der Waals surface area contributed by atoms with E-state index in [1.165, 1.54) is 18.2 Å². The third kappa shape index (κ3) is 3.57. The second-order valence-electron chi connectivity index (χ2n) is 6.13. The van der Waals surface area contributed by atoms with E-state index >= 15 is 0 Å². The first-order valence-electron chi connectivity index (χ1n) is 8.53. The van der Waals surface area contributed by atoms with E-state index < -0.39 is 10.9 Å². The van der Waals surface area contributed by atoms with Gasteiger partial charge in [0.15, 0.2) is 5.70 Å². The number of aliphatic imine (C=N–C) groups is 1. The fourth-order valence-corrected chi connectivity index (χ4v) is 2.86. The van der Waals surface area contributed by atoms with Gasteiger partial charge in [-0.1, -0.05) is 54.6 Å². The highest BCUT2D eigenvalue weighted by Gasteiger charge is 2.23. The van der Waals surface area contributed by atoms with E-state index in [0.717, 1.165) is 16.3 Å². The standard InChI is InChI=1S/C22H14N2O4/c25-22-20(10-4-6-15-5-3-9-19(13-15)24(26)27)23-21(28-22)18-12-11-16-7-1-2-8-17(16)14-18/h1-14H/b6-4+,20-10-. The summed E-state index contributed by atoms with van der Waals surface area (Å²) >= 11 is 0. The summed E-state index contributed by atoms with van der Waals surface area (Å²) in [5, 5.41) is 12.9. The van der Waals surface area contributed by atoms with Crippen LogP contribution in [0, 0.1) is 10.1 Å². The van der Waals surface area contributed by atoms with Crippen LogP contribution in [0.1, 0.15) is 11.1 Å². The maximum Gasteiger partial charge on any atom is 0.363 e. The molecule has 0 amide bonds. The van der Waals surface area contributed by atoms with Gasteiger partial charge in [0.1, 0.15) is 0 Å². The van der Waals surface area contributed by atoms with Gasteiger partial charge in [-0.15, -0.1) is 0 Å². The van der Waals surface area contributed by atoms with E-state index in [-0.39, 0.29) is 17.3 Å². The van der Waals surface area contributed by atoms with Gasteiger partial charge in [0.25, 0.3) is 5.69 Å². The summed E-state index contributed by atoms with van der Waals surface area (Å²) in [6, 6.07) is 19.8. The average Bonchev–Trinajstić information content (AvgIpc) is 3.08. The Morgan fingerprint density at radius 2 is 1.79 bits per heavy atom. The number of ether oxygens (including phenoxy) is 1. The van der Waals surface area contributed by atoms with Crippen molar-refractivity contribution in [1.82, 2.24) is 0 Å². The number of nitrogens with zero attached hydrogens (tertiary/aromatic N) is 2. The summed E-state index contributed by atoms with van der Waals surface area (Å²) in [5.41, 5.74) is 1.55. The lowest BCUT2D eigenvalue weighted by atomic mass is 10.1. The lowest BCUT2D eigenvalue weighted by Gasteiger charge is -2.02. The SMILES string of the molecule is O=C1OC(c2ccc3ccccc3c2)=N/C1=C\C=C\c1cccc([N+](=O)[O-])c1. The van der Waals surface area contributed by atoms with Crippen LogP contribution in [0.5, 0.6) is 0 Å². The molecule has 0 saturated heterocycles. The Labute approximate surface area is 160 Å². The first kappa shape index (κ1) is 17.4. The fourth-order valence-electron chi connectivity index (χ4n) is 2.86. The lowest BCUT2D eigenvalue weighted by molar-refractivity contribution is -0.384. The maximum absolute atomic E-state index is 12.1. The molecule has 0 fully saturated rings. The van der Waals surface area contributed by atoms with Crippen LogP contribution in [0.2, 0.25) is 0 Å². The number of fused-ring (bicyclic) bond motifs is 1. The number of esters is 1. The number of carbonyl (C=O) groups excluding carboxylic acids is 1. The van der Waals surface area contributed by atoms with E-state index in [2.05, 4.69) is 4.99 Å². The molecule has 0 bridgehead atoms. The average molecular weight is 370 g/mol. The Hall–Kier alpha value is -4.06. The molecule has 6 heteroatoms. The summed E-state index contributed by atoms with van der Waals surface area (Å²) in [6.45, 7) is 0. The van der Waals surface area contributed by atoms with Gasteiger partial charge in [-0.05, 0) is 34.5 Å². The first-order chi connectivity index (χ1) is 13.6. The molecular weight excluding hydrogens is 356 g/mol. The van der Waals surface area contributed by atoms with Crippen molar-refractivity contribution in [3.63, 3.8) is 0 Å². The molecule has 0 aliphatic carbocycles. The fraction of sp³-hybridized carbons (Fsp3) is 0. The van der Waals surface area contributed by atoms with Crippen molar-refractivity contribution >= 4 is 34.4 Å². The summed E-state index contributed by atoms with van der Waals surface area (Å²) in [4.78, 5) is 26.7. The molecule has 28 heavy (non-hydrogen) atoms. The van der Waals surface area contributed by atoms with Crippen molar-refractivity contribution in [2.75, 3.05) is 0 Å². The Morgan fingerprint density at radius 1 is 0.964 bits per heavy atom. The van der Waals surface area contributed by atoms with Gasteiger partial charge in [-0.2, -0.15) is 0 Å². The Kier molecular flexibility index (Phi) is 4.51. The zero-order valence-electron chi connectivity index (χ0n) is 14.6. The Bertz CT molecular complexity index is 1190. The van der Waals surface area contributed by atoms with Crippen LogP contribution in [0.4, 0.5) is 5.69 Å². The second-order valence-corrected chi connectivity index (χ2v) is 6.13. The Balaban J connectivity index is 1.58. The molecule has 4 rings (SSSR count). The number of carbonyl (C=O) groups is 1. The minimum atomic E-state index is -0.535. The number of non-ortho nitro benzene ring substituents is 1. The largest absolute Gasteiger partial charge is 0.402 e. The number of rotatable bonds is 4. The van der Waals surface area contributed by atoms with Crippen molar-refractivity contribution in [2.45, 2.75) is 0 Å². The predicted octanol–water partition coefficient (Wildman–Crippen LogP) is 4.65. The monoisotopic (exact) mass is 370 g/mol. The maximum atomic E-state index is 12.1. The lowest BCUT2D eigenvalue weighted by Crippen LogP contribution is -2.05.